The van der Waals surface area contributed by atoms with E-state index in [1.54, 1.807) is 25.1 Å². The first kappa shape index (κ1) is 16.8. The van der Waals surface area contributed by atoms with Crippen LogP contribution in [0.5, 0.6) is 11.5 Å². The second-order valence-electron chi connectivity index (χ2n) is 6.12. The second-order valence-corrected chi connectivity index (χ2v) is 6.12. The molecule has 0 aliphatic carbocycles. The normalized spacial score (nSPS) is 14.0. The number of rotatable bonds is 4. The van der Waals surface area contributed by atoms with E-state index < -0.39 is 6.10 Å². The largest absolute Gasteiger partial charge is 0.482 e. The van der Waals surface area contributed by atoms with Crippen LogP contribution in [0.1, 0.15) is 18.1 Å². The number of aryl methyl sites for hydroxylation is 2. The van der Waals surface area contributed by atoms with Gasteiger partial charge >= 0.3 is 0 Å². The third kappa shape index (κ3) is 4.09. The molecular formula is C19H20N2O4. The van der Waals surface area contributed by atoms with Crippen molar-refractivity contribution in [3.8, 4) is 11.5 Å². The Labute approximate surface area is 146 Å². The molecule has 2 amide bonds. The van der Waals surface area contributed by atoms with Crippen LogP contribution >= 0.6 is 0 Å². The highest BCUT2D eigenvalue weighted by atomic mass is 16.5. The van der Waals surface area contributed by atoms with Crippen molar-refractivity contribution in [2.75, 3.05) is 17.2 Å². The van der Waals surface area contributed by atoms with Gasteiger partial charge in [0.25, 0.3) is 11.8 Å². The zero-order valence-electron chi connectivity index (χ0n) is 14.4. The molecule has 0 saturated carbocycles. The summed E-state index contributed by atoms with van der Waals surface area (Å²) in [7, 11) is 0. The molecule has 25 heavy (non-hydrogen) atoms. The first-order chi connectivity index (χ1) is 11.9. The van der Waals surface area contributed by atoms with Gasteiger partial charge in [-0.2, -0.15) is 0 Å². The minimum atomic E-state index is -0.664. The molecule has 2 aromatic rings. The van der Waals surface area contributed by atoms with Gasteiger partial charge < -0.3 is 20.1 Å². The highest BCUT2D eigenvalue weighted by Gasteiger charge is 2.19. The van der Waals surface area contributed by atoms with Gasteiger partial charge in [-0.15, -0.1) is 0 Å². The Balaban J connectivity index is 1.67. The molecule has 0 radical (unpaired) electrons. The summed E-state index contributed by atoms with van der Waals surface area (Å²) in [4.78, 5) is 23.7. The average Bonchev–Trinajstić information content (AvgIpc) is 2.53. The predicted octanol–water partition coefficient (Wildman–Crippen LogP) is 3.04. The van der Waals surface area contributed by atoms with Gasteiger partial charge in [-0.05, 0) is 62.2 Å². The van der Waals surface area contributed by atoms with E-state index in [1.165, 1.54) is 0 Å². The predicted molar refractivity (Wildman–Crippen MR) is 95.2 cm³/mol. The minimum absolute atomic E-state index is 0.000507. The zero-order valence-corrected chi connectivity index (χ0v) is 14.4. The Morgan fingerprint density at radius 3 is 2.64 bits per heavy atom. The van der Waals surface area contributed by atoms with E-state index in [9.17, 15) is 9.59 Å². The maximum atomic E-state index is 12.4. The molecule has 0 fully saturated rings. The first-order valence-electron chi connectivity index (χ1n) is 8.03. The van der Waals surface area contributed by atoms with E-state index in [2.05, 4.69) is 10.6 Å². The SMILES string of the molecule is Cc1cc(C)cc(OC(C)C(=O)Nc2ccc3c(c2)NC(=O)CO3)c1. The number of carbonyl (C=O) groups excluding carboxylic acids is 2. The lowest BCUT2D eigenvalue weighted by Gasteiger charge is -2.19. The molecule has 1 unspecified atom stereocenters. The molecule has 130 valence electrons. The summed E-state index contributed by atoms with van der Waals surface area (Å²) in [5.74, 6) is 0.744. The quantitative estimate of drug-likeness (QED) is 0.897. The van der Waals surface area contributed by atoms with Crippen LogP contribution < -0.4 is 20.1 Å². The molecule has 0 saturated heterocycles. The molecule has 1 aliphatic rings. The van der Waals surface area contributed by atoms with Crippen molar-refractivity contribution in [2.24, 2.45) is 0 Å². The molecule has 6 heteroatoms. The standard InChI is InChI=1S/C19H20N2O4/c1-11-6-12(2)8-15(7-11)25-13(3)19(23)20-14-4-5-17-16(9-14)21-18(22)10-24-17/h4-9,13H,10H2,1-3H3,(H,20,23)(H,21,22). The van der Waals surface area contributed by atoms with Gasteiger partial charge in [-0.25, -0.2) is 0 Å². The number of nitrogens with one attached hydrogen (secondary N) is 2. The Morgan fingerprint density at radius 2 is 1.92 bits per heavy atom. The topological polar surface area (TPSA) is 76.7 Å². The van der Waals surface area contributed by atoms with Gasteiger partial charge in [0.2, 0.25) is 0 Å². The van der Waals surface area contributed by atoms with Gasteiger partial charge in [0, 0.05) is 5.69 Å². The van der Waals surface area contributed by atoms with Crippen LogP contribution in [0.3, 0.4) is 0 Å². The van der Waals surface area contributed by atoms with Gasteiger partial charge in [-0.1, -0.05) is 6.07 Å². The molecule has 2 aromatic carbocycles. The molecule has 1 heterocycles. The van der Waals surface area contributed by atoms with E-state index in [4.69, 9.17) is 9.47 Å². The summed E-state index contributed by atoms with van der Waals surface area (Å²) >= 11 is 0. The summed E-state index contributed by atoms with van der Waals surface area (Å²) < 4.78 is 11.0. The van der Waals surface area contributed by atoms with Crippen LogP contribution in [-0.2, 0) is 9.59 Å². The number of amides is 2. The number of ether oxygens (including phenoxy) is 2. The number of hydrogen-bond donors (Lipinski definition) is 2. The summed E-state index contributed by atoms with van der Waals surface area (Å²) in [6.07, 6.45) is -0.664. The van der Waals surface area contributed by atoms with Gasteiger partial charge in [0.15, 0.2) is 12.7 Å². The molecule has 0 spiro atoms. The number of benzene rings is 2. The van der Waals surface area contributed by atoms with Crippen LogP contribution in [0.25, 0.3) is 0 Å². The molecule has 1 aliphatic heterocycles. The van der Waals surface area contributed by atoms with Crippen molar-refractivity contribution in [3.05, 3.63) is 47.5 Å². The third-order valence-corrected chi connectivity index (χ3v) is 3.76. The maximum absolute atomic E-state index is 12.4. The number of carbonyl (C=O) groups is 2. The van der Waals surface area contributed by atoms with Crippen LogP contribution in [0.2, 0.25) is 0 Å². The van der Waals surface area contributed by atoms with E-state index in [0.717, 1.165) is 11.1 Å². The van der Waals surface area contributed by atoms with Crippen LogP contribution in [0.4, 0.5) is 11.4 Å². The molecular weight excluding hydrogens is 320 g/mol. The van der Waals surface area contributed by atoms with Crippen molar-refractivity contribution in [2.45, 2.75) is 26.9 Å². The third-order valence-electron chi connectivity index (χ3n) is 3.76. The summed E-state index contributed by atoms with van der Waals surface area (Å²) in [5, 5.41) is 5.49. The monoisotopic (exact) mass is 340 g/mol. The van der Waals surface area contributed by atoms with Gasteiger partial charge in [0.05, 0.1) is 5.69 Å². The Morgan fingerprint density at radius 1 is 1.20 bits per heavy atom. The molecule has 0 aromatic heterocycles. The minimum Gasteiger partial charge on any atom is -0.482 e. The van der Waals surface area contributed by atoms with Crippen molar-refractivity contribution in [1.29, 1.82) is 0 Å². The molecule has 3 rings (SSSR count). The van der Waals surface area contributed by atoms with E-state index in [-0.39, 0.29) is 18.4 Å². The first-order valence-corrected chi connectivity index (χ1v) is 8.03. The fraction of sp³-hybridized carbons (Fsp3) is 0.263. The molecule has 1 atom stereocenters. The summed E-state index contributed by atoms with van der Waals surface area (Å²) in [6.45, 7) is 5.65. The average molecular weight is 340 g/mol. The fourth-order valence-electron chi connectivity index (χ4n) is 2.66. The lowest BCUT2D eigenvalue weighted by Crippen LogP contribution is -2.30. The highest BCUT2D eigenvalue weighted by molar-refractivity contribution is 5.98. The molecule has 0 bridgehead atoms. The summed E-state index contributed by atoms with van der Waals surface area (Å²) in [6, 6.07) is 10.9. The number of anilines is 2. The lowest BCUT2D eigenvalue weighted by atomic mass is 10.1. The Bertz CT molecular complexity index is 812. The molecule has 6 nitrogen and oxygen atoms in total. The van der Waals surface area contributed by atoms with Crippen molar-refractivity contribution in [1.82, 2.24) is 0 Å². The zero-order chi connectivity index (χ0) is 18.0. The van der Waals surface area contributed by atoms with E-state index in [0.29, 0.717) is 22.9 Å². The van der Waals surface area contributed by atoms with Crippen LogP contribution in [0, 0.1) is 13.8 Å². The fourth-order valence-corrected chi connectivity index (χ4v) is 2.66. The van der Waals surface area contributed by atoms with Crippen LogP contribution in [-0.4, -0.2) is 24.5 Å². The molecule has 2 N–H and O–H groups in total. The van der Waals surface area contributed by atoms with Gasteiger partial charge in [-0.3, -0.25) is 9.59 Å². The van der Waals surface area contributed by atoms with E-state index >= 15 is 0 Å². The summed E-state index contributed by atoms with van der Waals surface area (Å²) in [5.41, 5.74) is 3.25. The highest BCUT2D eigenvalue weighted by Crippen LogP contribution is 2.30. The van der Waals surface area contributed by atoms with Crippen molar-refractivity contribution in [3.63, 3.8) is 0 Å². The van der Waals surface area contributed by atoms with Crippen molar-refractivity contribution < 1.29 is 19.1 Å². The maximum Gasteiger partial charge on any atom is 0.265 e. The van der Waals surface area contributed by atoms with Crippen molar-refractivity contribution >= 4 is 23.2 Å². The Kier molecular flexibility index (Phi) is 4.61. The number of hydrogen-bond acceptors (Lipinski definition) is 4. The number of fused-ring (bicyclic) bond motifs is 1. The second kappa shape index (κ2) is 6.84. The lowest BCUT2D eigenvalue weighted by molar-refractivity contribution is -0.122. The van der Waals surface area contributed by atoms with Gasteiger partial charge in [0.1, 0.15) is 11.5 Å². The van der Waals surface area contributed by atoms with Crippen LogP contribution in [0.15, 0.2) is 36.4 Å². The van der Waals surface area contributed by atoms with E-state index in [1.807, 2.05) is 32.0 Å². The Hall–Kier alpha value is -3.02. The smallest absolute Gasteiger partial charge is 0.265 e.